The van der Waals surface area contributed by atoms with Crippen molar-refractivity contribution in [1.29, 1.82) is 0 Å². The van der Waals surface area contributed by atoms with E-state index >= 15 is 0 Å². The Kier molecular flexibility index (Phi) is 4.75. The van der Waals surface area contributed by atoms with E-state index in [4.69, 9.17) is 8.83 Å². The van der Waals surface area contributed by atoms with Crippen molar-refractivity contribution in [3.05, 3.63) is 146 Å². The first kappa shape index (κ1) is 23.7. The number of furan rings is 2. The van der Waals surface area contributed by atoms with Gasteiger partial charge in [0.05, 0.1) is 0 Å². The summed E-state index contributed by atoms with van der Waals surface area (Å²) in [6.07, 6.45) is 0. The molecule has 0 aliphatic carbocycles. The number of para-hydroxylation sites is 1. The fourth-order valence-electron chi connectivity index (χ4n) is 7.12. The zero-order chi connectivity index (χ0) is 28.8. The van der Waals surface area contributed by atoms with E-state index in [1.54, 1.807) is 0 Å². The number of rotatable bonds is 2. The monoisotopic (exact) mass is 560 g/mol. The van der Waals surface area contributed by atoms with Crippen LogP contribution in [0.15, 0.2) is 154 Å². The van der Waals surface area contributed by atoms with E-state index in [2.05, 4.69) is 127 Å². The maximum atomic E-state index is 6.30. The van der Waals surface area contributed by atoms with Crippen LogP contribution in [-0.4, -0.2) is 0 Å². The lowest BCUT2D eigenvalue weighted by Gasteiger charge is -2.12. The Morgan fingerprint density at radius 3 is 1.23 bits per heavy atom. The van der Waals surface area contributed by atoms with Crippen LogP contribution in [0, 0.1) is 0 Å². The highest BCUT2D eigenvalue weighted by Crippen LogP contribution is 2.39. The molecule has 204 valence electrons. The average Bonchev–Trinajstić information content (AvgIpc) is 3.64. The van der Waals surface area contributed by atoms with E-state index in [-0.39, 0.29) is 0 Å². The van der Waals surface area contributed by atoms with Gasteiger partial charge in [-0.1, -0.05) is 109 Å². The van der Waals surface area contributed by atoms with Crippen LogP contribution < -0.4 is 0 Å². The van der Waals surface area contributed by atoms with Crippen molar-refractivity contribution >= 4 is 76.2 Å². The first-order valence-electron chi connectivity index (χ1n) is 15.0. The van der Waals surface area contributed by atoms with Gasteiger partial charge in [0.15, 0.2) is 0 Å². The van der Waals surface area contributed by atoms with E-state index in [0.29, 0.717) is 0 Å². The minimum absolute atomic E-state index is 0.878. The molecule has 0 fully saturated rings. The summed E-state index contributed by atoms with van der Waals surface area (Å²) in [6, 6.07) is 52.1. The first-order chi connectivity index (χ1) is 21.8. The normalized spacial score (nSPS) is 12.1. The minimum Gasteiger partial charge on any atom is -0.456 e. The van der Waals surface area contributed by atoms with Crippen molar-refractivity contribution in [2.24, 2.45) is 0 Å². The van der Waals surface area contributed by atoms with Crippen molar-refractivity contribution in [2.45, 2.75) is 0 Å². The molecule has 2 nitrogen and oxygen atoms in total. The van der Waals surface area contributed by atoms with Gasteiger partial charge < -0.3 is 8.83 Å². The summed E-state index contributed by atoms with van der Waals surface area (Å²) in [4.78, 5) is 0. The van der Waals surface area contributed by atoms with Gasteiger partial charge in [-0.15, -0.1) is 0 Å². The summed E-state index contributed by atoms with van der Waals surface area (Å²) >= 11 is 0. The minimum atomic E-state index is 0.878. The molecule has 0 N–H and O–H groups in total. The largest absolute Gasteiger partial charge is 0.456 e. The maximum absolute atomic E-state index is 6.30. The second kappa shape index (κ2) is 8.82. The Morgan fingerprint density at radius 1 is 0.227 bits per heavy atom. The van der Waals surface area contributed by atoms with E-state index in [0.717, 1.165) is 49.4 Å². The fraction of sp³-hybridized carbons (Fsp3) is 0. The van der Waals surface area contributed by atoms with Crippen molar-refractivity contribution < 1.29 is 8.83 Å². The van der Waals surface area contributed by atoms with Gasteiger partial charge in [-0.3, -0.25) is 0 Å². The quantitative estimate of drug-likeness (QED) is 0.197. The van der Waals surface area contributed by atoms with Gasteiger partial charge in [-0.05, 0) is 91.0 Å². The van der Waals surface area contributed by atoms with Crippen LogP contribution in [0.25, 0.3) is 98.4 Å². The lowest BCUT2D eigenvalue weighted by molar-refractivity contribution is 0.664. The van der Waals surface area contributed by atoms with Gasteiger partial charge in [0.2, 0.25) is 0 Å². The molecule has 0 saturated heterocycles. The van der Waals surface area contributed by atoms with Crippen LogP contribution in [0.3, 0.4) is 0 Å². The molecule has 0 spiro atoms. The standard InChI is InChI=1S/C42H24O2/c1-2-9-31-29(7-1)30-8-3-4-10-32(30)35-21-27(17-19-33(31)35)25-13-15-26(16-14-25)28-18-20-40-36(22-28)38-24-41-37(23-42(38)44-40)34-11-5-6-12-39(34)43-41/h1-24H. The van der Waals surface area contributed by atoms with E-state index < -0.39 is 0 Å². The summed E-state index contributed by atoms with van der Waals surface area (Å²) in [7, 11) is 0. The Bertz CT molecular complexity index is 2720. The van der Waals surface area contributed by atoms with Gasteiger partial charge in [0.25, 0.3) is 0 Å². The van der Waals surface area contributed by atoms with Crippen LogP contribution in [0.1, 0.15) is 0 Å². The third-order valence-electron chi connectivity index (χ3n) is 9.26. The first-order valence-corrected chi connectivity index (χ1v) is 15.0. The molecule has 2 aromatic heterocycles. The Morgan fingerprint density at radius 2 is 0.614 bits per heavy atom. The number of hydrogen-bond donors (Lipinski definition) is 0. The summed E-state index contributed by atoms with van der Waals surface area (Å²) in [5.74, 6) is 0. The topological polar surface area (TPSA) is 26.3 Å². The summed E-state index contributed by atoms with van der Waals surface area (Å²) in [6.45, 7) is 0. The van der Waals surface area contributed by atoms with Gasteiger partial charge in [-0.2, -0.15) is 0 Å². The van der Waals surface area contributed by atoms with Crippen LogP contribution >= 0.6 is 0 Å². The molecule has 0 saturated carbocycles. The molecule has 8 aromatic carbocycles. The number of hydrogen-bond acceptors (Lipinski definition) is 2. The van der Waals surface area contributed by atoms with E-state index in [1.165, 1.54) is 49.0 Å². The SMILES string of the molecule is c1ccc2c(c1)oc1cc3c(cc12)oc1ccc(-c2ccc(-c4ccc5c6ccccc6c6ccccc6c5c4)cc2)cc13. The lowest BCUT2D eigenvalue weighted by Crippen LogP contribution is -1.85. The Balaban J connectivity index is 1.07. The summed E-state index contributed by atoms with van der Waals surface area (Å²) in [5, 5.41) is 12.1. The lowest BCUT2D eigenvalue weighted by atomic mass is 9.92. The van der Waals surface area contributed by atoms with Crippen molar-refractivity contribution in [3.63, 3.8) is 0 Å². The second-order valence-corrected chi connectivity index (χ2v) is 11.7. The zero-order valence-corrected chi connectivity index (χ0v) is 23.7. The molecule has 2 heterocycles. The van der Waals surface area contributed by atoms with Crippen LogP contribution in [0.5, 0.6) is 0 Å². The van der Waals surface area contributed by atoms with Gasteiger partial charge >= 0.3 is 0 Å². The van der Waals surface area contributed by atoms with Crippen LogP contribution in [0.2, 0.25) is 0 Å². The predicted octanol–water partition coefficient (Wildman–Crippen LogP) is 12.3. The zero-order valence-electron chi connectivity index (χ0n) is 23.7. The Labute approximate surface area is 252 Å². The van der Waals surface area contributed by atoms with Crippen LogP contribution in [-0.2, 0) is 0 Å². The molecule has 0 aliphatic rings. The number of benzene rings is 8. The molecule has 10 aromatic rings. The van der Waals surface area contributed by atoms with Crippen molar-refractivity contribution in [3.8, 4) is 22.3 Å². The third kappa shape index (κ3) is 3.37. The van der Waals surface area contributed by atoms with E-state index in [1.807, 2.05) is 18.2 Å². The maximum Gasteiger partial charge on any atom is 0.136 e. The molecule has 0 radical (unpaired) electrons. The summed E-state index contributed by atoms with van der Waals surface area (Å²) < 4.78 is 12.5. The summed E-state index contributed by atoms with van der Waals surface area (Å²) in [5.41, 5.74) is 8.29. The van der Waals surface area contributed by atoms with Gasteiger partial charge in [0.1, 0.15) is 22.3 Å². The molecule has 0 amide bonds. The molecule has 0 unspecified atom stereocenters. The molecule has 44 heavy (non-hydrogen) atoms. The highest BCUT2D eigenvalue weighted by molar-refractivity contribution is 6.25. The number of fused-ring (bicyclic) bond motifs is 12. The Hall–Kier alpha value is -5.86. The fourth-order valence-corrected chi connectivity index (χ4v) is 7.12. The predicted molar refractivity (Wildman–Crippen MR) is 184 cm³/mol. The average molecular weight is 561 g/mol. The van der Waals surface area contributed by atoms with Crippen LogP contribution in [0.4, 0.5) is 0 Å². The molecule has 2 heteroatoms. The van der Waals surface area contributed by atoms with Gasteiger partial charge in [-0.25, -0.2) is 0 Å². The van der Waals surface area contributed by atoms with Crippen molar-refractivity contribution in [2.75, 3.05) is 0 Å². The highest BCUT2D eigenvalue weighted by Gasteiger charge is 2.14. The molecular formula is C42H24O2. The third-order valence-corrected chi connectivity index (χ3v) is 9.26. The molecule has 0 aliphatic heterocycles. The molecule has 0 bridgehead atoms. The van der Waals surface area contributed by atoms with Gasteiger partial charge in [0, 0.05) is 21.5 Å². The van der Waals surface area contributed by atoms with Crippen molar-refractivity contribution in [1.82, 2.24) is 0 Å². The molecular weight excluding hydrogens is 536 g/mol. The smallest absolute Gasteiger partial charge is 0.136 e. The van der Waals surface area contributed by atoms with E-state index in [9.17, 15) is 0 Å². The molecule has 0 atom stereocenters. The second-order valence-electron chi connectivity index (χ2n) is 11.7. The highest BCUT2D eigenvalue weighted by atomic mass is 16.3. The molecule has 10 rings (SSSR count).